The molecule has 1 aliphatic heterocycles. The van der Waals surface area contributed by atoms with E-state index in [9.17, 15) is 13.2 Å². The fourth-order valence-electron chi connectivity index (χ4n) is 3.42. The molecule has 3 rings (SSSR count). The lowest BCUT2D eigenvalue weighted by Crippen LogP contribution is -2.43. The van der Waals surface area contributed by atoms with Gasteiger partial charge in [-0.05, 0) is 48.2 Å². The van der Waals surface area contributed by atoms with Crippen LogP contribution in [-0.4, -0.2) is 50.5 Å². The highest BCUT2D eigenvalue weighted by atomic mass is 32.2. The Morgan fingerprint density at radius 2 is 1.66 bits per heavy atom. The molecule has 6 nitrogen and oxygen atoms in total. The van der Waals surface area contributed by atoms with Crippen LogP contribution in [0.4, 0.5) is 0 Å². The van der Waals surface area contributed by atoms with Gasteiger partial charge in [0.15, 0.2) is 16.4 Å². The summed E-state index contributed by atoms with van der Waals surface area (Å²) in [5.41, 5.74) is 2.11. The lowest BCUT2D eigenvalue weighted by Gasteiger charge is -2.28. The molecule has 2 aromatic carbocycles. The first-order chi connectivity index (χ1) is 13.9. The van der Waals surface area contributed by atoms with Gasteiger partial charge in [-0.1, -0.05) is 31.2 Å². The largest absolute Gasteiger partial charge is 0.497 e. The van der Waals surface area contributed by atoms with E-state index < -0.39 is 9.84 Å². The molecule has 1 saturated heterocycles. The molecule has 0 saturated carbocycles. The van der Waals surface area contributed by atoms with Crippen molar-refractivity contribution in [1.82, 2.24) is 4.90 Å². The van der Waals surface area contributed by atoms with Gasteiger partial charge in [0, 0.05) is 12.6 Å². The molecule has 1 fully saturated rings. The molecule has 1 atom stereocenters. The summed E-state index contributed by atoms with van der Waals surface area (Å²) >= 11 is 0. The number of amides is 1. The predicted molar refractivity (Wildman–Crippen MR) is 112 cm³/mol. The van der Waals surface area contributed by atoms with E-state index in [1.807, 2.05) is 48.5 Å². The summed E-state index contributed by atoms with van der Waals surface area (Å²) in [5.74, 6) is 1.25. The topological polar surface area (TPSA) is 72.9 Å². The SMILES string of the molecule is CCc1ccc(OCC(=O)N(Cc2ccc(OC)cc2)[C@H]2CCS(=O)(=O)C2)cc1. The molecule has 156 valence electrons. The minimum atomic E-state index is -3.11. The van der Waals surface area contributed by atoms with E-state index in [0.29, 0.717) is 18.7 Å². The quantitative estimate of drug-likeness (QED) is 0.660. The average molecular weight is 418 g/mol. The van der Waals surface area contributed by atoms with E-state index in [2.05, 4.69) is 6.92 Å². The van der Waals surface area contributed by atoms with Gasteiger partial charge in [-0.2, -0.15) is 0 Å². The van der Waals surface area contributed by atoms with Crippen LogP contribution in [0.5, 0.6) is 11.5 Å². The first-order valence-electron chi connectivity index (χ1n) is 9.75. The van der Waals surface area contributed by atoms with Crippen molar-refractivity contribution in [3.63, 3.8) is 0 Å². The third-order valence-corrected chi connectivity index (χ3v) is 6.93. The maximum atomic E-state index is 12.9. The Kier molecular flexibility index (Phi) is 6.79. The second-order valence-electron chi connectivity index (χ2n) is 7.21. The van der Waals surface area contributed by atoms with Crippen molar-refractivity contribution in [1.29, 1.82) is 0 Å². The van der Waals surface area contributed by atoms with E-state index in [-0.39, 0.29) is 30.1 Å². The van der Waals surface area contributed by atoms with Gasteiger partial charge in [0.2, 0.25) is 0 Å². The summed E-state index contributed by atoms with van der Waals surface area (Å²) < 4.78 is 34.8. The summed E-state index contributed by atoms with van der Waals surface area (Å²) in [6.07, 6.45) is 1.39. The van der Waals surface area contributed by atoms with Crippen LogP contribution in [0.25, 0.3) is 0 Å². The van der Waals surface area contributed by atoms with E-state index in [1.165, 1.54) is 5.56 Å². The molecular formula is C22H27NO5S. The van der Waals surface area contributed by atoms with Gasteiger partial charge in [0.1, 0.15) is 11.5 Å². The Hall–Kier alpha value is -2.54. The summed E-state index contributed by atoms with van der Waals surface area (Å²) in [6.45, 7) is 2.28. The summed E-state index contributed by atoms with van der Waals surface area (Å²) in [5, 5.41) is 0. The minimum Gasteiger partial charge on any atom is -0.497 e. The molecule has 7 heteroatoms. The number of carbonyl (C=O) groups excluding carboxylic acids is 1. The molecule has 0 spiro atoms. The number of hydrogen-bond acceptors (Lipinski definition) is 5. The van der Waals surface area contributed by atoms with Crippen LogP contribution in [0.3, 0.4) is 0 Å². The van der Waals surface area contributed by atoms with Crippen LogP contribution in [-0.2, 0) is 27.6 Å². The summed E-state index contributed by atoms with van der Waals surface area (Å²) in [4.78, 5) is 14.6. The first kappa shape index (κ1) is 21.2. The van der Waals surface area contributed by atoms with Crippen LogP contribution in [0.15, 0.2) is 48.5 Å². The zero-order valence-corrected chi connectivity index (χ0v) is 17.7. The highest BCUT2D eigenvalue weighted by molar-refractivity contribution is 7.91. The molecule has 0 unspecified atom stereocenters. The predicted octanol–water partition coefficient (Wildman–Crippen LogP) is 2.85. The number of benzene rings is 2. The highest BCUT2D eigenvalue weighted by Gasteiger charge is 2.34. The Bertz CT molecular complexity index is 923. The second kappa shape index (κ2) is 9.31. The molecule has 0 bridgehead atoms. The van der Waals surface area contributed by atoms with Crippen molar-refractivity contribution in [2.24, 2.45) is 0 Å². The number of nitrogens with zero attached hydrogens (tertiary/aromatic N) is 1. The van der Waals surface area contributed by atoms with Gasteiger partial charge in [0.05, 0.1) is 18.6 Å². The monoisotopic (exact) mass is 417 g/mol. The van der Waals surface area contributed by atoms with Crippen LogP contribution in [0.2, 0.25) is 0 Å². The number of hydrogen-bond donors (Lipinski definition) is 0. The maximum Gasteiger partial charge on any atom is 0.261 e. The van der Waals surface area contributed by atoms with E-state index in [1.54, 1.807) is 12.0 Å². The van der Waals surface area contributed by atoms with Crippen LogP contribution >= 0.6 is 0 Å². The number of methoxy groups -OCH3 is 1. The molecule has 0 aliphatic carbocycles. The van der Waals surface area contributed by atoms with Crippen molar-refractivity contribution < 1.29 is 22.7 Å². The van der Waals surface area contributed by atoms with Crippen LogP contribution in [0.1, 0.15) is 24.5 Å². The van der Waals surface area contributed by atoms with Crippen molar-refractivity contribution in [3.8, 4) is 11.5 Å². The van der Waals surface area contributed by atoms with Gasteiger partial charge in [-0.3, -0.25) is 4.79 Å². The third-order valence-electron chi connectivity index (χ3n) is 5.18. The van der Waals surface area contributed by atoms with Crippen molar-refractivity contribution in [2.45, 2.75) is 32.4 Å². The third kappa shape index (κ3) is 5.73. The molecule has 0 aromatic heterocycles. The number of carbonyl (C=O) groups is 1. The molecule has 1 aliphatic rings. The fourth-order valence-corrected chi connectivity index (χ4v) is 5.15. The Morgan fingerprint density at radius 1 is 1.03 bits per heavy atom. The standard InChI is InChI=1S/C22H27NO5S/c1-3-17-4-10-21(11-5-17)28-15-22(24)23(19-12-13-29(25,26)16-19)14-18-6-8-20(27-2)9-7-18/h4-11,19H,3,12-16H2,1-2H3/t19-/m0/s1. The van der Waals surface area contributed by atoms with Crippen molar-refractivity contribution in [3.05, 3.63) is 59.7 Å². The minimum absolute atomic E-state index is 0.0000909. The lowest BCUT2D eigenvalue weighted by molar-refractivity contribution is -0.136. The Balaban J connectivity index is 1.71. The van der Waals surface area contributed by atoms with Gasteiger partial charge < -0.3 is 14.4 Å². The smallest absolute Gasteiger partial charge is 0.261 e. The van der Waals surface area contributed by atoms with Crippen molar-refractivity contribution >= 4 is 15.7 Å². The number of aryl methyl sites for hydroxylation is 1. The summed E-state index contributed by atoms with van der Waals surface area (Å²) in [6, 6.07) is 14.7. The molecule has 0 N–H and O–H groups in total. The zero-order valence-electron chi connectivity index (χ0n) is 16.8. The van der Waals surface area contributed by atoms with Gasteiger partial charge >= 0.3 is 0 Å². The van der Waals surface area contributed by atoms with E-state index in [4.69, 9.17) is 9.47 Å². The first-order valence-corrected chi connectivity index (χ1v) is 11.6. The van der Waals surface area contributed by atoms with Gasteiger partial charge in [-0.25, -0.2) is 8.42 Å². The normalized spacial score (nSPS) is 17.7. The summed E-state index contributed by atoms with van der Waals surface area (Å²) in [7, 11) is -1.51. The van der Waals surface area contributed by atoms with E-state index >= 15 is 0 Å². The maximum absolute atomic E-state index is 12.9. The van der Waals surface area contributed by atoms with Crippen LogP contribution in [0, 0.1) is 0 Å². The number of rotatable bonds is 8. The van der Waals surface area contributed by atoms with Crippen molar-refractivity contribution in [2.75, 3.05) is 25.2 Å². The number of ether oxygens (including phenoxy) is 2. The molecule has 1 heterocycles. The Morgan fingerprint density at radius 3 is 2.21 bits per heavy atom. The Labute approximate surface area is 172 Å². The van der Waals surface area contributed by atoms with E-state index in [0.717, 1.165) is 17.7 Å². The second-order valence-corrected chi connectivity index (χ2v) is 9.44. The van der Waals surface area contributed by atoms with Crippen LogP contribution < -0.4 is 9.47 Å². The zero-order chi connectivity index (χ0) is 20.9. The molecule has 1 amide bonds. The fraction of sp³-hybridized carbons (Fsp3) is 0.409. The van der Waals surface area contributed by atoms with Gasteiger partial charge in [-0.15, -0.1) is 0 Å². The molecular weight excluding hydrogens is 390 g/mol. The lowest BCUT2D eigenvalue weighted by atomic mass is 10.1. The average Bonchev–Trinajstić information content (AvgIpc) is 3.10. The molecule has 0 radical (unpaired) electrons. The van der Waals surface area contributed by atoms with Gasteiger partial charge in [0.25, 0.3) is 5.91 Å². The number of sulfone groups is 1. The highest BCUT2D eigenvalue weighted by Crippen LogP contribution is 2.22. The molecule has 29 heavy (non-hydrogen) atoms. The molecule has 2 aromatic rings.